The van der Waals surface area contributed by atoms with E-state index in [-0.39, 0.29) is 25.2 Å². The van der Waals surface area contributed by atoms with Gasteiger partial charge in [0.05, 0.1) is 16.5 Å². The normalized spacial score (nSPS) is 18.4. The molecule has 0 aromatic heterocycles. The van der Waals surface area contributed by atoms with E-state index < -0.39 is 12.2 Å². The second-order valence-corrected chi connectivity index (χ2v) is 5.26. The van der Waals surface area contributed by atoms with Crippen molar-refractivity contribution in [2.75, 3.05) is 0 Å². The van der Waals surface area contributed by atoms with Crippen LogP contribution in [-0.4, -0.2) is 28.3 Å². The number of benzene rings is 1. The summed E-state index contributed by atoms with van der Waals surface area (Å²) in [5.74, 6) is -0.967. The predicted molar refractivity (Wildman–Crippen MR) is 73.0 cm³/mol. The van der Waals surface area contributed by atoms with Crippen molar-refractivity contribution < 1.29 is 19.5 Å². The second kappa shape index (κ2) is 6.43. The van der Waals surface area contributed by atoms with E-state index in [1.165, 1.54) is 0 Å². The molecule has 0 aliphatic carbocycles. The van der Waals surface area contributed by atoms with Gasteiger partial charge in [-0.2, -0.15) is 0 Å². The van der Waals surface area contributed by atoms with Crippen molar-refractivity contribution in [1.29, 1.82) is 0 Å². The molecule has 1 saturated heterocycles. The summed E-state index contributed by atoms with van der Waals surface area (Å²) in [5.41, 5.74) is 0.838. The smallest absolute Gasteiger partial charge is 0.333 e. The molecule has 20 heavy (non-hydrogen) atoms. The lowest BCUT2D eigenvalue weighted by atomic mass is 10.1. The van der Waals surface area contributed by atoms with Crippen LogP contribution in [0.25, 0.3) is 0 Å². The summed E-state index contributed by atoms with van der Waals surface area (Å²) in [5, 5.41) is 11.1. The molecular formula is C13H13Cl2NO4. The first kappa shape index (κ1) is 15.1. The van der Waals surface area contributed by atoms with E-state index in [9.17, 15) is 14.7 Å². The number of aliphatic hydroxyl groups excluding tert-OH is 1. The summed E-state index contributed by atoms with van der Waals surface area (Å²) >= 11 is 11.7. The van der Waals surface area contributed by atoms with Crippen LogP contribution in [0, 0.1) is 0 Å². The zero-order chi connectivity index (χ0) is 14.7. The number of carbonyl (C=O) groups excluding carboxylic acids is 2. The van der Waals surface area contributed by atoms with Gasteiger partial charge >= 0.3 is 5.97 Å². The molecule has 2 rings (SSSR count). The molecule has 1 heterocycles. The van der Waals surface area contributed by atoms with E-state index in [1.807, 2.05) is 0 Å². The molecule has 0 bridgehead atoms. The Kier molecular flexibility index (Phi) is 4.86. The average molecular weight is 318 g/mol. The van der Waals surface area contributed by atoms with Crippen LogP contribution in [0.1, 0.15) is 24.8 Å². The Morgan fingerprint density at radius 3 is 2.75 bits per heavy atom. The monoisotopic (exact) mass is 317 g/mol. The maximum Gasteiger partial charge on any atom is 0.333 e. The Labute approximate surface area is 126 Å². The Balaban J connectivity index is 1.86. The van der Waals surface area contributed by atoms with Crippen molar-refractivity contribution in [3.63, 3.8) is 0 Å². The van der Waals surface area contributed by atoms with E-state index in [0.717, 1.165) is 10.6 Å². The van der Waals surface area contributed by atoms with Crippen LogP contribution in [-0.2, 0) is 20.8 Å². The molecule has 1 atom stereocenters. The van der Waals surface area contributed by atoms with Crippen LogP contribution < -0.4 is 0 Å². The molecule has 0 saturated carbocycles. The highest BCUT2D eigenvalue weighted by molar-refractivity contribution is 6.42. The first-order valence-electron chi connectivity index (χ1n) is 6.12. The van der Waals surface area contributed by atoms with Crippen molar-refractivity contribution >= 4 is 35.1 Å². The predicted octanol–water partition coefficient (Wildman–Crippen LogP) is 2.32. The van der Waals surface area contributed by atoms with Crippen molar-refractivity contribution in [3.05, 3.63) is 33.8 Å². The molecule has 1 fully saturated rings. The summed E-state index contributed by atoms with van der Waals surface area (Å²) in [6, 6.07) is 5.09. The molecule has 1 amide bonds. The number of halogens is 2. The van der Waals surface area contributed by atoms with Crippen molar-refractivity contribution in [2.45, 2.75) is 31.9 Å². The van der Waals surface area contributed by atoms with Crippen molar-refractivity contribution in [2.24, 2.45) is 0 Å². The maximum absolute atomic E-state index is 11.6. The maximum atomic E-state index is 11.6. The van der Waals surface area contributed by atoms with Gasteiger partial charge in [0.15, 0.2) is 6.23 Å². The van der Waals surface area contributed by atoms with Gasteiger partial charge in [-0.3, -0.25) is 4.79 Å². The third-order valence-corrected chi connectivity index (χ3v) is 3.67. The van der Waals surface area contributed by atoms with Crippen LogP contribution >= 0.6 is 23.2 Å². The van der Waals surface area contributed by atoms with Gasteiger partial charge < -0.3 is 9.94 Å². The van der Waals surface area contributed by atoms with Gasteiger partial charge in [0.2, 0.25) is 0 Å². The summed E-state index contributed by atoms with van der Waals surface area (Å²) in [6.07, 6.45) is -0.0981. The molecule has 0 spiro atoms. The molecule has 1 aromatic rings. The number of aryl methyl sites for hydroxylation is 1. The number of hydrogen-bond acceptors (Lipinski definition) is 4. The van der Waals surface area contributed by atoms with Crippen LogP contribution in [0.15, 0.2) is 18.2 Å². The number of hydrogen-bond donors (Lipinski definition) is 1. The standard InChI is InChI=1S/C13H13Cl2NO4/c14-9-3-1-8(7-10(9)15)2-6-13(19)20-16-11(17)4-5-12(16)18/h1,3,7,11,17H,2,4-6H2. The molecule has 1 unspecified atom stereocenters. The van der Waals surface area contributed by atoms with Gasteiger partial charge in [-0.25, -0.2) is 4.79 Å². The van der Waals surface area contributed by atoms with E-state index in [1.54, 1.807) is 18.2 Å². The lowest BCUT2D eigenvalue weighted by Gasteiger charge is -2.18. The van der Waals surface area contributed by atoms with Gasteiger partial charge in [0, 0.05) is 12.8 Å². The third kappa shape index (κ3) is 3.62. The number of rotatable bonds is 4. The van der Waals surface area contributed by atoms with Gasteiger partial charge in [0.25, 0.3) is 5.91 Å². The van der Waals surface area contributed by atoms with E-state index in [2.05, 4.69) is 0 Å². The van der Waals surface area contributed by atoms with Crippen LogP contribution in [0.5, 0.6) is 0 Å². The molecule has 7 heteroatoms. The highest BCUT2D eigenvalue weighted by Crippen LogP contribution is 2.23. The highest BCUT2D eigenvalue weighted by atomic mass is 35.5. The second-order valence-electron chi connectivity index (χ2n) is 4.45. The lowest BCUT2D eigenvalue weighted by Crippen LogP contribution is -2.35. The summed E-state index contributed by atoms with van der Waals surface area (Å²) < 4.78 is 0. The van der Waals surface area contributed by atoms with Crippen molar-refractivity contribution in [3.8, 4) is 0 Å². The highest BCUT2D eigenvalue weighted by Gasteiger charge is 2.32. The van der Waals surface area contributed by atoms with Crippen LogP contribution in [0.2, 0.25) is 10.0 Å². The number of amides is 1. The number of nitrogens with zero attached hydrogens (tertiary/aromatic N) is 1. The minimum absolute atomic E-state index is 0.0778. The lowest BCUT2D eigenvalue weighted by molar-refractivity contribution is -0.220. The van der Waals surface area contributed by atoms with Gasteiger partial charge in [-0.05, 0) is 24.1 Å². The quantitative estimate of drug-likeness (QED) is 0.925. The topological polar surface area (TPSA) is 66.8 Å². The molecule has 1 aliphatic heterocycles. The third-order valence-electron chi connectivity index (χ3n) is 2.93. The van der Waals surface area contributed by atoms with Gasteiger partial charge in [-0.15, -0.1) is 5.06 Å². The summed E-state index contributed by atoms with van der Waals surface area (Å²) in [7, 11) is 0. The van der Waals surface area contributed by atoms with E-state index in [4.69, 9.17) is 28.0 Å². The first-order chi connectivity index (χ1) is 9.47. The molecule has 0 radical (unpaired) electrons. The first-order valence-corrected chi connectivity index (χ1v) is 6.88. The van der Waals surface area contributed by atoms with E-state index >= 15 is 0 Å². The van der Waals surface area contributed by atoms with Gasteiger partial charge in [0.1, 0.15) is 0 Å². The molecule has 1 aromatic carbocycles. The minimum Gasteiger partial charge on any atom is -0.370 e. The molecule has 5 nitrogen and oxygen atoms in total. The molecular weight excluding hydrogens is 305 g/mol. The minimum atomic E-state index is -1.04. The van der Waals surface area contributed by atoms with Crippen molar-refractivity contribution in [1.82, 2.24) is 5.06 Å². The fourth-order valence-electron chi connectivity index (χ4n) is 1.85. The summed E-state index contributed by atoms with van der Waals surface area (Å²) in [6.45, 7) is 0. The zero-order valence-electron chi connectivity index (χ0n) is 10.5. The number of hydroxylamine groups is 2. The molecule has 1 N–H and O–H groups in total. The SMILES string of the molecule is O=C(CCc1ccc(Cl)c(Cl)c1)ON1C(=O)CCC1O. The largest absolute Gasteiger partial charge is 0.370 e. The Morgan fingerprint density at radius 2 is 2.15 bits per heavy atom. The molecule has 1 aliphatic rings. The Bertz CT molecular complexity index is 535. The van der Waals surface area contributed by atoms with Crippen LogP contribution in [0.3, 0.4) is 0 Å². The Hall–Kier alpha value is -1.30. The molecule has 108 valence electrons. The summed E-state index contributed by atoms with van der Waals surface area (Å²) in [4.78, 5) is 27.8. The number of carbonyl (C=O) groups is 2. The Morgan fingerprint density at radius 1 is 1.40 bits per heavy atom. The fraction of sp³-hybridized carbons (Fsp3) is 0.385. The zero-order valence-corrected chi connectivity index (χ0v) is 12.0. The van der Waals surface area contributed by atoms with Gasteiger partial charge in [-0.1, -0.05) is 29.3 Å². The number of aliphatic hydroxyl groups is 1. The average Bonchev–Trinajstić information content (AvgIpc) is 2.72. The van der Waals surface area contributed by atoms with Crippen LogP contribution in [0.4, 0.5) is 0 Å². The van der Waals surface area contributed by atoms with E-state index in [0.29, 0.717) is 16.5 Å². The fourth-order valence-corrected chi connectivity index (χ4v) is 2.18.